The molecule has 21 heavy (non-hydrogen) atoms. The molecular weight excluding hydrogens is 294 g/mol. The first kappa shape index (κ1) is 17.4. The number of nitro benzene ring substituents is 1. The van der Waals surface area contributed by atoms with Gasteiger partial charge in [0.15, 0.2) is 0 Å². The zero-order valence-corrected chi connectivity index (χ0v) is 12.7. The number of halogens is 1. The Labute approximate surface area is 129 Å². The van der Waals surface area contributed by atoms with Crippen LogP contribution in [0.2, 0.25) is 0 Å². The zero-order valence-electron chi connectivity index (χ0n) is 11.9. The molecule has 0 aliphatic carbocycles. The SMILES string of the molecule is CC1(CNC(=O)c2ccc([N+](=O)[O-])cc2)CCNCC1.Cl. The first-order valence-electron chi connectivity index (χ1n) is 6.74. The zero-order chi connectivity index (χ0) is 14.6. The van der Waals surface area contributed by atoms with Gasteiger partial charge in [0, 0.05) is 24.2 Å². The van der Waals surface area contributed by atoms with Crippen molar-refractivity contribution in [1.29, 1.82) is 0 Å². The summed E-state index contributed by atoms with van der Waals surface area (Å²) >= 11 is 0. The van der Waals surface area contributed by atoms with Crippen LogP contribution in [0.5, 0.6) is 0 Å². The second-order valence-corrected chi connectivity index (χ2v) is 5.55. The number of carbonyl (C=O) groups excluding carboxylic acids is 1. The topological polar surface area (TPSA) is 84.3 Å². The molecule has 0 unspecified atom stereocenters. The third-order valence-electron chi connectivity index (χ3n) is 3.83. The van der Waals surface area contributed by atoms with Crippen molar-refractivity contribution in [3.63, 3.8) is 0 Å². The Morgan fingerprint density at radius 2 is 1.90 bits per heavy atom. The summed E-state index contributed by atoms with van der Waals surface area (Å²) < 4.78 is 0. The van der Waals surface area contributed by atoms with Crippen molar-refractivity contribution in [2.45, 2.75) is 19.8 Å². The number of nitrogens with zero attached hydrogens (tertiary/aromatic N) is 1. The van der Waals surface area contributed by atoms with Gasteiger partial charge in [-0.1, -0.05) is 6.92 Å². The predicted octanol–water partition coefficient (Wildman–Crippen LogP) is 2.14. The van der Waals surface area contributed by atoms with Crippen LogP contribution in [0.3, 0.4) is 0 Å². The summed E-state index contributed by atoms with van der Waals surface area (Å²) in [5, 5.41) is 16.8. The molecule has 6 nitrogen and oxygen atoms in total. The van der Waals surface area contributed by atoms with Crippen molar-refractivity contribution in [2.24, 2.45) is 5.41 Å². The molecule has 0 saturated carbocycles. The van der Waals surface area contributed by atoms with Gasteiger partial charge in [-0.15, -0.1) is 12.4 Å². The summed E-state index contributed by atoms with van der Waals surface area (Å²) in [5.74, 6) is -0.181. The number of nitro groups is 1. The Hall–Kier alpha value is -1.66. The fourth-order valence-electron chi connectivity index (χ4n) is 2.34. The molecule has 1 aliphatic rings. The van der Waals surface area contributed by atoms with Crippen LogP contribution < -0.4 is 10.6 Å². The minimum absolute atomic E-state index is 0. The quantitative estimate of drug-likeness (QED) is 0.659. The smallest absolute Gasteiger partial charge is 0.269 e. The lowest BCUT2D eigenvalue weighted by Gasteiger charge is -2.34. The van der Waals surface area contributed by atoms with Gasteiger partial charge in [0.1, 0.15) is 0 Å². The van der Waals surface area contributed by atoms with Gasteiger partial charge in [-0.3, -0.25) is 14.9 Å². The summed E-state index contributed by atoms with van der Waals surface area (Å²) in [6.45, 7) is 4.75. The number of benzene rings is 1. The highest BCUT2D eigenvalue weighted by molar-refractivity contribution is 5.94. The van der Waals surface area contributed by atoms with Crippen LogP contribution in [0.4, 0.5) is 5.69 Å². The average Bonchev–Trinajstić information content (AvgIpc) is 2.46. The molecule has 1 aliphatic heterocycles. The van der Waals surface area contributed by atoms with Crippen LogP contribution in [0.1, 0.15) is 30.1 Å². The van der Waals surface area contributed by atoms with Gasteiger partial charge < -0.3 is 10.6 Å². The van der Waals surface area contributed by atoms with Crippen LogP contribution in [0.25, 0.3) is 0 Å². The molecule has 0 spiro atoms. The second kappa shape index (κ2) is 7.38. The van der Waals surface area contributed by atoms with E-state index in [0.717, 1.165) is 25.9 Å². The molecule has 2 N–H and O–H groups in total. The summed E-state index contributed by atoms with van der Waals surface area (Å²) in [7, 11) is 0. The standard InChI is InChI=1S/C14H19N3O3.ClH/c1-14(6-8-15-9-7-14)10-16-13(18)11-2-4-12(5-3-11)17(19)20;/h2-5,15H,6-10H2,1H3,(H,16,18);1H. The number of rotatable bonds is 4. The third kappa shape index (κ3) is 4.68. The molecule has 1 saturated heterocycles. The van der Waals surface area contributed by atoms with Gasteiger partial charge in [-0.25, -0.2) is 0 Å². The Balaban J connectivity index is 0.00000220. The van der Waals surface area contributed by atoms with Crippen molar-refractivity contribution < 1.29 is 9.72 Å². The Kier molecular flexibility index (Phi) is 6.11. The van der Waals surface area contributed by atoms with Gasteiger partial charge in [-0.05, 0) is 43.5 Å². The summed E-state index contributed by atoms with van der Waals surface area (Å²) in [5.41, 5.74) is 0.571. The third-order valence-corrected chi connectivity index (χ3v) is 3.83. The molecule has 0 bridgehead atoms. The molecular formula is C14H20ClN3O3. The molecule has 116 valence electrons. The van der Waals surface area contributed by atoms with E-state index in [1.807, 2.05) is 0 Å². The highest BCUT2D eigenvalue weighted by Gasteiger charge is 2.27. The molecule has 1 fully saturated rings. The normalized spacial score (nSPS) is 16.6. The Bertz CT molecular complexity index is 499. The number of amides is 1. The highest BCUT2D eigenvalue weighted by atomic mass is 35.5. The van der Waals surface area contributed by atoms with Crippen molar-refractivity contribution >= 4 is 24.0 Å². The van der Waals surface area contributed by atoms with E-state index in [0.29, 0.717) is 12.1 Å². The van der Waals surface area contributed by atoms with Gasteiger partial charge in [-0.2, -0.15) is 0 Å². The fourth-order valence-corrected chi connectivity index (χ4v) is 2.34. The maximum atomic E-state index is 12.0. The second-order valence-electron chi connectivity index (χ2n) is 5.55. The summed E-state index contributed by atoms with van der Waals surface area (Å²) in [4.78, 5) is 22.1. The number of hydrogen-bond donors (Lipinski definition) is 2. The maximum Gasteiger partial charge on any atom is 0.269 e. The lowest BCUT2D eigenvalue weighted by atomic mass is 9.81. The highest BCUT2D eigenvalue weighted by Crippen LogP contribution is 2.26. The van der Waals surface area contributed by atoms with Crippen LogP contribution in [0, 0.1) is 15.5 Å². The number of nitrogens with one attached hydrogen (secondary N) is 2. The Morgan fingerprint density at radius 3 is 2.43 bits per heavy atom. The predicted molar refractivity (Wildman–Crippen MR) is 82.9 cm³/mol. The van der Waals surface area contributed by atoms with Gasteiger partial charge in [0.2, 0.25) is 0 Å². The van der Waals surface area contributed by atoms with Crippen molar-refractivity contribution in [1.82, 2.24) is 10.6 Å². The monoisotopic (exact) mass is 313 g/mol. The average molecular weight is 314 g/mol. The summed E-state index contributed by atoms with van der Waals surface area (Å²) in [6, 6.07) is 5.67. The number of carbonyl (C=O) groups is 1. The van der Waals surface area contributed by atoms with Crippen molar-refractivity contribution in [3.8, 4) is 0 Å². The molecule has 1 heterocycles. The van der Waals surface area contributed by atoms with Crippen molar-refractivity contribution in [3.05, 3.63) is 39.9 Å². The van der Waals surface area contributed by atoms with Crippen LogP contribution in [-0.2, 0) is 0 Å². The van der Waals surface area contributed by atoms with E-state index in [9.17, 15) is 14.9 Å². The van der Waals surface area contributed by atoms with Crippen molar-refractivity contribution in [2.75, 3.05) is 19.6 Å². The van der Waals surface area contributed by atoms with E-state index >= 15 is 0 Å². The number of non-ortho nitro benzene ring substituents is 1. The molecule has 1 aromatic carbocycles. The molecule has 1 amide bonds. The lowest BCUT2D eigenvalue weighted by molar-refractivity contribution is -0.384. The largest absolute Gasteiger partial charge is 0.351 e. The minimum Gasteiger partial charge on any atom is -0.351 e. The number of piperidine rings is 1. The van der Waals surface area contributed by atoms with Crippen LogP contribution in [-0.4, -0.2) is 30.5 Å². The van der Waals surface area contributed by atoms with Crippen LogP contribution in [0.15, 0.2) is 24.3 Å². The van der Waals surface area contributed by atoms with E-state index in [-0.39, 0.29) is 29.4 Å². The first-order chi connectivity index (χ1) is 9.50. The van der Waals surface area contributed by atoms with E-state index in [1.165, 1.54) is 24.3 Å². The number of hydrogen-bond acceptors (Lipinski definition) is 4. The molecule has 0 atom stereocenters. The Morgan fingerprint density at radius 1 is 1.33 bits per heavy atom. The fraction of sp³-hybridized carbons (Fsp3) is 0.500. The molecule has 0 radical (unpaired) electrons. The van der Waals surface area contributed by atoms with E-state index in [2.05, 4.69) is 17.6 Å². The van der Waals surface area contributed by atoms with E-state index < -0.39 is 4.92 Å². The van der Waals surface area contributed by atoms with Gasteiger partial charge in [0.25, 0.3) is 11.6 Å². The summed E-state index contributed by atoms with van der Waals surface area (Å²) in [6.07, 6.45) is 2.07. The lowest BCUT2D eigenvalue weighted by Crippen LogP contribution is -2.42. The van der Waals surface area contributed by atoms with E-state index in [1.54, 1.807) is 0 Å². The maximum absolute atomic E-state index is 12.0. The molecule has 1 aromatic rings. The van der Waals surface area contributed by atoms with Crippen LogP contribution >= 0.6 is 12.4 Å². The molecule has 7 heteroatoms. The van der Waals surface area contributed by atoms with E-state index in [4.69, 9.17) is 0 Å². The molecule has 0 aromatic heterocycles. The first-order valence-corrected chi connectivity index (χ1v) is 6.74. The van der Waals surface area contributed by atoms with Gasteiger partial charge >= 0.3 is 0 Å². The minimum atomic E-state index is -0.474. The molecule has 2 rings (SSSR count). The van der Waals surface area contributed by atoms with Gasteiger partial charge in [0.05, 0.1) is 4.92 Å².